The number of phosphoric acid groups is 3. The minimum atomic E-state index is -5.79. The molecule has 1 aromatic rings. The molecule has 0 aliphatic carbocycles. The van der Waals surface area contributed by atoms with E-state index in [0.29, 0.717) is 10.9 Å². The van der Waals surface area contributed by atoms with E-state index in [9.17, 15) is 38.2 Å². The van der Waals surface area contributed by atoms with E-state index in [4.69, 9.17) is 26.7 Å². The maximum Gasteiger partial charge on any atom is 0.490 e. The van der Waals surface area contributed by atoms with E-state index < -0.39 is 64.9 Å². The van der Waals surface area contributed by atoms with Crippen LogP contribution in [0.25, 0.3) is 0 Å². The van der Waals surface area contributed by atoms with E-state index >= 15 is 0 Å². The van der Waals surface area contributed by atoms with Crippen LogP contribution in [0.2, 0.25) is 0 Å². The normalized spacial score (nSPS) is 30.8. The number of nitrogens with zero attached hydrogens (tertiary/aromatic N) is 2. The molecule has 32 heavy (non-hydrogen) atoms. The Morgan fingerprint density at radius 3 is 2.38 bits per heavy atom. The van der Waals surface area contributed by atoms with Crippen molar-refractivity contribution in [2.75, 3.05) is 0 Å². The first-order valence-corrected chi connectivity index (χ1v) is 12.5. The summed E-state index contributed by atoms with van der Waals surface area (Å²) in [5, 5.41) is 10.5. The Hall–Kier alpha value is -1.54. The summed E-state index contributed by atoms with van der Waals surface area (Å²) in [6.07, 6.45) is -0.881. The van der Waals surface area contributed by atoms with Gasteiger partial charge >= 0.3 is 34.8 Å². The Morgan fingerprint density at radius 1 is 1.28 bits per heavy atom. The molecular weight excluding hydrogens is 505 g/mol. The van der Waals surface area contributed by atoms with E-state index in [2.05, 4.69) is 18.1 Å². The van der Waals surface area contributed by atoms with Crippen molar-refractivity contribution in [1.29, 1.82) is 0 Å². The van der Waals surface area contributed by atoms with Gasteiger partial charge in [-0.1, -0.05) is 5.92 Å². The molecule has 2 heterocycles. The van der Waals surface area contributed by atoms with Crippen LogP contribution in [0.15, 0.2) is 15.9 Å². The van der Waals surface area contributed by atoms with E-state index in [0.717, 1.165) is 6.92 Å². The van der Waals surface area contributed by atoms with Gasteiger partial charge in [0.1, 0.15) is 18.5 Å². The number of aromatic amines is 1. The summed E-state index contributed by atoms with van der Waals surface area (Å²) in [6.45, 7) is 0.999. The number of phosphoric ester groups is 1. The lowest BCUT2D eigenvalue weighted by atomic mass is 9.90. The fourth-order valence-electron chi connectivity index (χ4n) is 2.66. The lowest BCUT2D eigenvalue weighted by Crippen LogP contribution is -2.55. The van der Waals surface area contributed by atoms with Crippen LogP contribution >= 0.6 is 23.5 Å². The topological polar surface area (TPSA) is 283 Å². The van der Waals surface area contributed by atoms with Crippen molar-refractivity contribution in [2.45, 2.75) is 37.0 Å². The monoisotopic (exact) mass is 522 g/mol. The standard InChI is InChI=1S/C11H17N4O14P3/c1-3-11(12)7(16)6(26-8(11)15-4-13-9(17)14-10(15)18)5(2)27-31(22,23)29-32(24,25)28-30(19,20)21/h1,4-8,16H,12H2,2H3,(H,22,23)(H,24,25)(H,14,17,18)(H2,19,20,21)/t5-,6-,7+,8-,11?/m1/s1. The zero-order valence-corrected chi connectivity index (χ0v) is 18.4. The lowest BCUT2D eigenvalue weighted by Gasteiger charge is -2.28. The van der Waals surface area contributed by atoms with Gasteiger partial charge in [0.05, 0.1) is 6.10 Å². The lowest BCUT2D eigenvalue weighted by molar-refractivity contribution is -0.0758. The minimum Gasteiger partial charge on any atom is -0.387 e. The molecule has 7 atom stereocenters. The number of nitrogens with two attached hydrogens (primary N) is 1. The first-order chi connectivity index (χ1) is 14.4. The van der Waals surface area contributed by atoms with E-state index in [-0.39, 0.29) is 0 Å². The summed E-state index contributed by atoms with van der Waals surface area (Å²) in [6, 6.07) is 0. The Balaban J connectivity index is 2.28. The molecule has 1 aromatic heterocycles. The third-order valence-electron chi connectivity index (χ3n) is 3.92. The number of rotatable bonds is 8. The van der Waals surface area contributed by atoms with Crippen molar-refractivity contribution >= 4 is 23.5 Å². The van der Waals surface area contributed by atoms with Crippen molar-refractivity contribution in [2.24, 2.45) is 5.73 Å². The van der Waals surface area contributed by atoms with Gasteiger partial charge in [0, 0.05) is 0 Å². The van der Waals surface area contributed by atoms with Gasteiger partial charge in [0.25, 0.3) is 0 Å². The van der Waals surface area contributed by atoms with Gasteiger partial charge in [-0.25, -0.2) is 23.3 Å². The first-order valence-electron chi connectivity index (χ1n) is 8.00. The minimum absolute atomic E-state index is 0.627. The number of ether oxygens (including phenoxy) is 1. The van der Waals surface area contributed by atoms with Crippen molar-refractivity contribution < 1.29 is 56.3 Å². The number of aliphatic hydroxyl groups excluding tert-OH is 1. The number of aromatic nitrogens is 3. The molecular formula is C11H17N4O14P3. The van der Waals surface area contributed by atoms with E-state index in [1.807, 2.05) is 5.92 Å². The Morgan fingerprint density at radius 2 is 1.88 bits per heavy atom. The van der Waals surface area contributed by atoms with Gasteiger partial charge in [-0.3, -0.25) is 14.1 Å². The van der Waals surface area contributed by atoms with Crippen LogP contribution < -0.4 is 17.1 Å². The first kappa shape index (κ1) is 26.7. The predicted molar refractivity (Wildman–Crippen MR) is 99.2 cm³/mol. The SMILES string of the molecule is C#CC1(N)[C@@H](O)[C@@H]([C@@H](C)OP(=O)(O)OP(=O)(O)OP(=O)(O)O)O[C@H]1n1cnc(=O)[nH]c1=O. The molecule has 0 radical (unpaired) electrons. The summed E-state index contributed by atoms with van der Waals surface area (Å²) in [5.41, 5.74) is 1.70. The molecule has 0 saturated carbocycles. The molecule has 21 heteroatoms. The second-order valence-corrected chi connectivity index (χ2v) is 10.6. The number of terminal acetylenes is 1. The number of nitrogens with one attached hydrogen (secondary N) is 1. The van der Waals surface area contributed by atoms with Gasteiger partial charge in [-0.05, 0) is 6.92 Å². The second kappa shape index (κ2) is 9.01. The Labute approximate surface area is 177 Å². The molecule has 8 N–H and O–H groups in total. The fraction of sp³-hybridized carbons (Fsp3) is 0.545. The van der Waals surface area contributed by atoms with E-state index in [1.165, 1.54) is 0 Å². The maximum atomic E-state index is 12.0. The van der Waals surface area contributed by atoms with Crippen LogP contribution in [-0.4, -0.2) is 63.1 Å². The summed E-state index contributed by atoms with van der Waals surface area (Å²) in [4.78, 5) is 64.1. The molecule has 1 saturated heterocycles. The highest BCUT2D eigenvalue weighted by Gasteiger charge is 2.57. The molecule has 0 bridgehead atoms. The van der Waals surface area contributed by atoms with Crippen molar-refractivity contribution in [3.05, 3.63) is 27.3 Å². The van der Waals surface area contributed by atoms with Gasteiger partial charge in [0.15, 0.2) is 11.8 Å². The molecule has 0 spiro atoms. The molecule has 1 fully saturated rings. The molecule has 0 amide bonds. The maximum absolute atomic E-state index is 12.0. The molecule has 2 rings (SSSR count). The van der Waals surface area contributed by atoms with Crippen LogP contribution in [0.4, 0.5) is 0 Å². The van der Waals surface area contributed by atoms with Gasteiger partial charge in [-0.15, -0.1) is 6.42 Å². The van der Waals surface area contributed by atoms with Crippen molar-refractivity contribution in [3.63, 3.8) is 0 Å². The summed E-state index contributed by atoms with van der Waals surface area (Å²) in [7, 11) is -17.0. The van der Waals surface area contributed by atoms with Crippen LogP contribution in [-0.2, 0) is 31.6 Å². The van der Waals surface area contributed by atoms with Crippen molar-refractivity contribution in [1.82, 2.24) is 14.5 Å². The average Bonchev–Trinajstić information content (AvgIpc) is 2.84. The predicted octanol–water partition coefficient (Wildman–Crippen LogP) is -2.75. The summed E-state index contributed by atoms with van der Waals surface area (Å²) >= 11 is 0. The molecule has 180 valence electrons. The van der Waals surface area contributed by atoms with Gasteiger partial charge in [-0.2, -0.15) is 13.6 Å². The Bertz CT molecular complexity index is 1170. The third-order valence-corrected chi connectivity index (χ3v) is 7.85. The number of hydrogen-bond acceptors (Lipinski definition) is 12. The van der Waals surface area contributed by atoms with Crippen LogP contribution in [0, 0.1) is 12.3 Å². The average molecular weight is 522 g/mol. The van der Waals surface area contributed by atoms with Crippen LogP contribution in [0.5, 0.6) is 0 Å². The van der Waals surface area contributed by atoms with Gasteiger partial charge in [0.2, 0.25) is 0 Å². The number of aliphatic hydroxyl groups is 1. The smallest absolute Gasteiger partial charge is 0.387 e. The Kier molecular flexibility index (Phi) is 7.52. The highest BCUT2D eigenvalue weighted by molar-refractivity contribution is 7.66. The molecule has 18 nitrogen and oxygen atoms in total. The zero-order chi connectivity index (χ0) is 24.7. The van der Waals surface area contributed by atoms with Crippen LogP contribution in [0.1, 0.15) is 13.2 Å². The number of H-pyrrole nitrogens is 1. The second-order valence-electron chi connectivity index (χ2n) is 6.26. The van der Waals surface area contributed by atoms with E-state index in [1.54, 1.807) is 4.98 Å². The van der Waals surface area contributed by atoms with Crippen LogP contribution in [0.3, 0.4) is 0 Å². The highest BCUT2D eigenvalue weighted by Crippen LogP contribution is 2.66. The number of hydrogen-bond donors (Lipinski definition) is 7. The summed E-state index contributed by atoms with van der Waals surface area (Å²) in [5.74, 6) is 2.01. The third kappa shape index (κ3) is 6.07. The quantitative estimate of drug-likeness (QED) is 0.135. The largest absolute Gasteiger partial charge is 0.490 e. The van der Waals surface area contributed by atoms with Gasteiger partial charge < -0.3 is 35.2 Å². The fourth-order valence-corrected chi connectivity index (χ4v) is 5.87. The van der Waals surface area contributed by atoms with Crippen molar-refractivity contribution in [3.8, 4) is 12.3 Å². The molecule has 1 aliphatic rings. The highest BCUT2D eigenvalue weighted by atomic mass is 31.3. The zero-order valence-electron chi connectivity index (χ0n) is 15.7. The summed E-state index contributed by atoms with van der Waals surface area (Å²) < 4.78 is 51.8. The molecule has 0 aromatic carbocycles. The molecule has 3 unspecified atom stereocenters. The molecule has 1 aliphatic heterocycles.